The maximum atomic E-state index is 12.7. The van der Waals surface area contributed by atoms with Crippen molar-refractivity contribution in [3.05, 3.63) is 93.9 Å². The Morgan fingerprint density at radius 2 is 1.62 bits per heavy atom. The molecule has 3 heteroatoms. The van der Waals surface area contributed by atoms with E-state index in [9.17, 15) is 4.79 Å². The Bertz CT molecular complexity index is 1150. The Kier molecular flexibility index (Phi) is 6.75. The van der Waals surface area contributed by atoms with Crippen molar-refractivity contribution in [1.29, 1.82) is 0 Å². The molecule has 1 unspecified atom stereocenters. The number of hydrogen-bond donors (Lipinski definition) is 1. The van der Waals surface area contributed by atoms with Gasteiger partial charge in [-0.05, 0) is 90.3 Å². The number of carbonyl (C=O) groups is 1. The molecule has 1 aliphatic rings. The summed E-state index contributed by atoms with van der Waals surface area (Å²) in [5.74, 6) is 1.08. The van der Waals surface area contributed by atoms with Gasteiger partial charge in [-0.1, -0.05) is 70.2 Å². The molecule has 0 aliphatic heterocycles. The van der Waals surface area contributed by atoms with Gasteiger partial charge in [-0.15, -0.1) is 0 Å². The number of furan rings is 1. The first-order valence-corrected chi connectivity index (χ1v) is 12.6. The van der Waals surface area contributed by atoms with Crippen LogP contribution in [0.25, 0.3) is 0 Å². The van der Waals surface area contributed by atoms with E-state index in [4.69, 9.17) is 4.42 Å². The summed E-state index contributed by atoms with van der Waals surface area (Å²) >= 11 is 0. The van der Waals surface area contributed by atoms with Crippen LogP contribution < -0.4 is 5.32 Å². The molecule has 34 heavy (non-hydrogen) atoms. The van der Waals surface area contributed by atoms with E-state index in [1.54, 1.807) is 6.07 Å². The van der Waals surface area contributed by atoms with Crippen molar-refractivity contribution < 1.29 is 9.21 Å². The molecule has 1 aliphatic carbocycles. The van der Waals surface area contributed by atoms with Gasteiger partial charge in [0.15, 0.2) is 5.76 Å². The maximum Gasteiger partial charge on any atom is 0.287 e. The highest BCUT2D eigenvalue weighted by Gasteiger charge is 2.37. The SMILES string of the molecule is Cc1cc2c(cc1Cc1ccc(C(=O)NC(C)CCc3ccccc3)o1)C(C)(C)CCC2(C)C. The standard InChI is InChI=1S/C31H39NO2/c1-21-18-26-27(31(5,6)17-16-30(26,3)4)20-24(21)19-25-14-15-28(34-25)29(33)32-22(2)12-13-23-10-8-7-9-11-23/h7-11,14-15,18,20,22H,12-13,16-17,19H2,1-6H3,(H,32,33). The summed E-state index contributed by atoms with van der Waals surface area (Å²) in [7, 11) is 0. The molecular formula is C31H39NO2. The minimum Gasteiger partial charge on any atom is -0.456 e. The Hall–Kier alpha value is -2.81. The van der Waals surface area contributed by atoms with Gasteiger partial charge in [0.25, 0.3) is 5.91 Å². The Morgan fingerprint density at radius 1 is 0.971 bits per heavy atom. The van der Waals surface area contributed by atoms with Gasteiger partial charge >= 0.3 is 0 Å². The van der Waals surface area contributed by atoms with Crippen LogP contribution in [0.1, 0.15) is 98.0 Å². The number of nitrogens with one attached hydrogen (secondary N) is 1. The van der Waals surface area contributed by atoms with E-state index in [1.807, 2.05) is 19.1 Å². The highest BCUT2D eigenvalue weighted by molar-refractivity contribution is 5.91. The van der Waals surface area contributed by atoms with E-state index < -0.39 is 0 Å². The van der Waals surface area contributed by atoms with Crippen molar-refractivity contribution in [2.75, 3.05) is 0 Å². The summed E-state index contributed by atoms with van der Waals surface area (Å²) in [6.07, 6.45) is 4.95. The highest BCUT2D eigenvalue weighted by atomic mass is 16.3. The van der Waals surface area contributed by atoms with E-state index in [0.29, 0.717) is 12.2 Å². The first-order valence-electron chi connectivity index (χ1n) is 12.6. The zero-order chi connectivity index (χ0) is 24.5. The normalized spacial score (nSPS) is 17.1. The number of rotatable bonds is 7. The van der Waals surface area contributed by atoms with E-state index in [2.05, 4.69) is 76.3 Å². The van der Waals surface area contributed by atoms with Gasteiger partial charge in [0.05, 0.1) is 0 Å². The van der Waals surface area contributed by atoms with Gasteiger partial charge in [-0.25, -0.2) is 0 Å². The molecule has 1 heterocycles. The second-order valence-electron chi connectivity index (χ2n) is 11.4. The first kappa shape index (κ1) is 24.3. The summed E-state index contributed by atoms with van der Waals surface area (Å²) in [5, 5.41) is 3.08. The lowest BCUT2D eigenvalue weighted by molar-refractivity contribution is 0.0909. The van der Waals surface area contributed by atoms with Crippen molar-refractivity contribution in [3.8, 4) is 0 Å². The molecule has 1 atom stereocenters. The molecule has 0 saturated heterocycles. The lowest BCUT2D eigenvalue weighted by Crippen LogP contribution is -2.34. The smallest absolute Gasteiger partial charge is 0.287 e. The Labute approximate surface area is 205 Å². The third-order valence-electron chi connectivity index (χ3n) is 7.65. The van der Waals surface area contributed by atoms with Crippen LogP contribution in [0.15, 0.2) is 59.0 Å². The predicted molar refractivity (Wildman–Crippen MR) is 140 cm³/mol. The van der Waals surface area contributed by atoms with E-state index in [0.717, 1.165) is 18.6 Å². The van der Waals surface area contributed by atoms with Crippen LogP contribution in [0.3, 0.4) is 0 Å². The Balaban J connectivity index is 1.43. The van der Waals surface area contributed by atoms with E-state index in [1.165, 1.54) is 40.7 Å². The lowest BCUT2D eigenvalue weighted by Gasteiger charge is -2.42. The molecule has 3 nitrogen and oxygen atoms in total. The van der Waals surface area contributed by atoms with Gasteiger partial charge in [-0.3, -0.25) is 4.79 Å². The average molecular weight is 458 g/mol. The highest BCUT2D eigenvalue weighted by Crippen LogP contribution is 2.46. The number of amides is 1. The van der Waals surface area contributed by atoms with Gasteiger partial charge < -0.3 is 9.73 Å². The minimum absolute atomic E-state index is 0.0785. The van der Waals surface area contributed by atoms with Gasteiger partial charge in [0.2, 0.25) is 0 Å². The second kappa shape index (κ2) is 9.44. The minimum atomic E-state index is -0.142. The number of carbonyl (C=O) groups excluding carboxylic acids is 1. The predicted octanol–water partition coefficient (Wildman–Crippen LogP) is 7.28. The fourth-order valence-electron chi connectivity index (χ4n) is 5.14. The molecule has 180 valence electrons. The molecule has 2 aromatic carbocycles. The molecule has 3 aromatic rings. The molecular weight excluding hydrogens is 418 g/mol. The summed E-state index contributed by atoms with van der Waals surface area (Å²) in [4.78, 5) is 12.7. The van der Waals surface area contributed by atoms with Gasteiger partial charge in [-0.2, -0.15) is 0 Å². The fraction of sp³-hybridized carbons (Fsp3) is 0.452. The topological polar surface area (TPSA) is 42.2 Å². The van der Waals surface area contributed by atoms with Crippen molar-refractivity contribution in [3.63, 3.8) is 0 Å². The average Bonchev–Trinajstić information content (AvgIpc) is 3.26. The molecule has 4 rings (SSSR count). The zero-order valence-corrected chi connectivity index (χ0v) is 21.6. The molecule has 0 bridgehead atoms. The van der Waals surface area contributed by atoms with Crippen molar-refractivity contribution in [2.45, 2.75) is 90.5 Å². The van der Waals surface area contributed by atoms with Crippen LogP contribution in [0, 0.1) is 6.92 Å². The van der Waals surface area contributed by atoms with Crippen LogP contribution in [0.4, 0.5) is 0 Å². The second-order valence-corrected chi connectivity index (χ2v) is 11.4. The maximum absolute atomic E-state index is 12.7. The van der Waals surface area contributed by atoms with Gasteiger partial charge in [0, 0.05) is 12.5 Å². The largest absolute Gasteiger partial charge is 0.456 e. The van der Waals surface area contributed by atoms with Crippen LogP contribution in [-0.2, 0) is 23.7 Å². The quantitative estimate of drug-likeness (QED) is 0.405. The summed E-state index contributed by atoms with van der Waals surface area (Å²) in [5.41, 5.74) is 7.19. The molecule has 0 spiro atoms. The summed E-state index contributed by atoms with van der Waals surface area (Å²) < 4.78 is 5.99. The lowest BCUT2D eigenvalue weighted by atomic mass is 9.62. The third-order valence-corrected chi connectivity index (χ3v) is 7.65. The summed E-state index contributed by atoms with van der Waals surface area (Å²) in [6.45, 7) is 13.7. The van der Waals surface area contributed by atoms with Crippen molar-refractivity contribution in [1.82, 2.24) is 5.32 Å². The van der Waals surface area contributed by atoms with Gasteiger partial charge in [0.1, 0.15) is 5.76 Å². The van der Waals surface area contributed by atoms with Crippen molar-refractivity contribution in [2.24, 2.45) is 0 Å². The molecule has 1 aromatic heterocycles. The van der Waals surface area contributed by atoms with E-state index in [-0.39, 0.29) is 22.8 Å². The van der Waals surface area contributed by atoms with Crippen molar-refractivity contribution >= 4 is 5.91 Å². The number of hydrogen-bond acceptors (Lipinski definition) is 2. The monoisotopic (exact) mass is 457 g/mol. The zero-order valence-electron chi connectivity index (χ0n) is 21.6. The third kappa shape index (κ3) is 5.29. The number of aryl methyl sites for hydroxylation is 2. The van der Waals surface area contributed by atoms with Crippen LogP contribution >= 0.6 is 0 Å². The molecule has 1 N–H and O–H groups in total. The Morgan fingerprint density at radius 3 is 2.29 bits per heavy atom. The number of fused-ring (bicyclic) bond motifs is 1. The van der Waals surface area contributed by atoms with E-state index >= 15 is 0 Å². The fourth-order valence-corrected chi connectivity index (χ4v) is 5.14. The molecule has 0 radical (unpaired) electrons. The molecule has 1 amide bonds. The van der Waals surface area contributed by atoms with Crippen LogP contribution in [-0.4, -0.2) is 11.9 Å². The molecule has 0 fully saturated rings. The van der Waals surface area contributed by atoms with Crippen LogP contribution in [0.5, 0.6) is 0 Å². The summed E-state index contributed by atoms with van der Waals surface area (Å²) in [6, 6.07) is 19.0. The number of benzene rings is 2. The molecule has 0 saturated carbocycles. The first-order chi connectivity index (χ1) is 16.0. The van der Waals surface area contributed by atoms with Crippen LogP contribution in [0.2, 0.25) is 0 Å².